The lowest BCUT2D eigenvalue weighted by Gasteiger charge is -2.52. The Morgan fingerprint density at radius 2 is 1.87 bits per heavy atom. The predicted octanol–water partition coefficient (Wildman–Crippen LogP) is 7.75. The standard InChI is InChI=1S/C34H38N2O2/c1-20-16-30-28-13-11-24-17-26(36-38)12-14-27(24)31(28)29(18-34(30,2)32(20)33(37)23-9-10-23)22-7-5-21(6-8-22)25-4-3-15-35-19-25/h3-8,15,17,19-20,23,28-30,32,38H,9-14,16,18H2,1-2H3/t20?,28-,29?,30-,32?,34-/m0/s1. The molecule has 1 aromatic heterocycles. The van der Waals surface area contributed by atoms with Crippen molar-refractivity contribution in [2.24, 2.45) is 40.2 Å². The molecule has 196 valence electrons. The van der Waals surface area contributed by atoms with Gasteiger partial charge in [0.15, 0.2) is 0 Å². The number of benzene rings is 1. The zero-order chi connectivity index (χ0) is 26.0. The summed E-state index contributed by atoms with van der Waals surface area (Å²) in [7, 11) is 0. The Bertz CT molecular complexity index is 1350. The van der Waals surface area contributed by atoms with Gasteiger partial charge in [-0.2, -0.15) is 0 Å². The Morgan fingerprint density at radius 1 is 1.05 bits per heavy atom. The highest BCUT2D eigenvalue weighted by atomic mass is 16.4. The van der Waals surface area contributed by atoms with Gasteiger partial charge in [-0.3, -0.25) is 9.78 Å². The number of allylic oxidation sites excluding steroid dienone is 4. The number of pyridine rings is 1. The number of nitrogens with zero attached hydrogens (tertiary/aromatic N) is 2. The number of hydrogen-bond donors (Lipinski definition) is 1. The molecule has 3 saturated carbocycles. The topological polar surface area (TPSA) is 62.6 Å². The van der Waals surface area contributed by atoms with E-state index in [0.29, 0.717) is 35.4 Å². The van der Waals surface area contributed by atoms with Crippen LogP contribution >= 0.6 is 0 Å². The lowest BCUT2D eigenvalue weighted by Crippen LogP contribution is -2.45. The van der Waals surface area contributed by atoms with Crippen LogP contribution in [0.4, 0.5) is 0 Å². The van der Waals surface area contributed by atoms with Gasteiger partial charge >= 0.3 is 0 Å². The molecule has 0 aliphatic heterocycles. The second kappa shape index (κ2) is 9.03. The zero-order valence-corrected chi connectivity index (χ0v) is 22.6. The van der Waals surface area contributed by atoms with Gasteiger partial charge in [0, 0.05) is 30.1 Å². The highest BCUT2D eigenvalue weighted by Gasteiger charge is 2.61. The summed E-state index contributed by atoms with van der Waals surface area (Å²) in [6, 6.07) is 13.3. The normalized spacial score (nSPS) is 35.4. The molecule has 0 spiro atoms. The third kappa shape index (κ3) is 3.74. The first-order valence-electron chi connectivity index (χ1n) is 14.7. The van der Waals surface area contributed by atoms with E-state index in [1.54, 1.807) is 5.57 Å². The fourth-order valence-corrected chi connectivity index (χ4v) is 9.09. The number of carbonyl (C=O) groups excluding carboxylic acids is 1. The maximum Gasteiger partial charge on any atom is 0.139 e. The molecule has 0 amide bonds. The predicted molar refractivity (Wildman–Crippen MR) is 150 cm³/mol. The first-order chi connectivity index (χ1) is 18.5. The Hall–Kier alpha value is -3.01. The molecule has 1 N–H and O–H groups in total. The second-order valence-corrected chi connectivity index (χ2v) is 12.9. The fraction of sp³-hybridized carbons (Fsp3) is 0.500. The van der Waals surface area contributed by atoms with E-state index in [2.05, 4.69) is 60.4 Å². The van der Waals surface area contributed by atoms with Gasteiger partial charge in [0.1, 0.15) is 5.78 Å². The molecule has 0 radical (unpaired) electrons. The van der Waals surface area contributed by atoms with E-state index < -0.39 is 0 Å². The first kappa shape index (κ1) is 24.1. The van der Waals surface area contributed by atoms with Crippen LogP contribution in [0, 0.1) is 35.0 Å². The van der Waals surface area contributed by atoms with Gasteiger partial charge in [0.05, 0.1) is 5.71 Å². The van der Waals surface area contributed by atoms with Crippen molar-refractivity contribution in [3.63, 3.8) is 0 Å². The van der Waals surface area contributed by atoms with E-state index in [-0.39, 0.29) is 11.3 Å². The SMILES string of the molecule is CC1C[C@H]2[C@@H]3CCC4=CC(=NO)CCC4=C3C(c3ccc(-c4cccnc4)cc3)C[C@]2(C)C1C(=O)C1CC1. The summed E-state index contributed by atoms with van der Waals surface area (Å²) in [5.41, 5.74) is 9.12. The fourth-order valence-electron chi connectivity index (χ4n) is 9.09. The summed E-state index contributed by atoms with van der Waals surface area (Å²) >= 11 is 0. The molecule has 5 aliphatic rings. The van der Waals surface area contributed by atoms with E-state index in [0.717, 1.165) is 56.2 Å². The minimum Gasteiger partial charge on any atom is -0.411 e. The van der Waals surface area contributed by atoms with Gasteiger partial charge in [-0.25, -0.2) is 0 Å². The van der Waals surface area contributed by atoms with Crippen LogP contribution in [-0.4, -0.2) is 21.7 Å². The Balaban J connectivity index is 1.34. The highest BCUT2D eigenvalue weighted by molar-refractivity contribution is 5.97. The number of ketones is 1. The summed E-state index contributed by atoms with van der Waals surface area (Å²) in [5.74, 6) is 3.00. The minimum atomic E-state index is 0.0497. The van der Waals surface area contributed by atoms with Gasteiger partial charge in [0.2, 0.25) is 0 Å². The van der Waals surface area contributed by atoms with Crippen molar-refractivity contribution < 1.29 is 10.0 Å². The molecule has 6 atom stereocenters. The summed E-state index contributed by atoms with van der Waals surface area (Å²) in [4.78, 5) is 18.0. The third-order valence-corrected chi connectivity index (χ3v) is 10.8. The number of aromatic nitrogens is 1. The molecule has 38 heavy (non-hydrogen) atoms. The molecule has 3 fully saturated rings. The van der Waals surface area contributed by atoms with Crippen LogP contribution in [0.2, 0.25) is 0 Å². The molecule has 1 heterocycles. The molecule has 0 saturated heterocycles. The summed E-state index contributed by atoms with van der Waals surface area (Å²) < 4.78 is 0. The lowest BCUT2D eigenvalue weighted by molar-refractivity contribution is -0.130. The quantitative estimate of drug-likeness (QED) is 0.341. The first-order valence-corrected chi connectivity index (χ1v) is 14.7. The molecule has 5 aliphatic carbocycles. The monoisotopic (exact) mass is 506 g/mol. The van der Waals surface area contributed by atoms with E-state index in [1.807, 2.05) is 18.5 Å². The molecule has 2 aromatic rings. The average molecular weight is 507 g/mol. The van der Waals surface area contributed by atoms with Crippen LogP contribution in [-0.2, 0) is 4.79 Å². The van der Waals surface area contributed by atoms with E-state index in [9.17, 15) is 10.0 Å². The second-order valence-electron chi connectivity index (χ2n) is 12.9. The summed E-state index contributed by atoms with van der Waals surface area (Å²) in [5, 5.41) is 13.0. The molecular formula is C34H38N2O2. The highest BCUT2D eigenvalue weighted by Crippen LogP contribution is 2.67. The van der Waals surface area contributed by atoms with E-state index in [1.165, 1.54) is 28.7 Å². The van der Waals surface area contributed by atoms with Crippen LogP contribution in [0.15, 0.2) is 76.7 Å². The van der Waals surface area contributed by atoms with Gasteiger partial charge in [-0.15, -0.1) is 0 Å². The molecule has 1 aromatic carbocycles. The molecule has 0 bridgehead atoms. The van der Waals surface area contributed by atoms with Crippen molar-refractivity contribution in [1.29, 1.82) is 0 Å². The van der Waals surface area contributed by atoms with Crippen LogP contribution < -0.4 is 0 Å². The van der Waals surface area contributed by atoms with Crippen LogP contribution in [0.1, 0.15) is 76.7 Å². The Labute approximate surface area is 225 Å². The maximum atomic E-state index is 13.7. The van der Waals surface area contributed by atoms with E-state index in [4.69, 9.17) is 0 Å². The molecule has 7 rings (SSSR count). The van der Waals surface area contributed by atoms with Crippen LogP contribution in [0.5, 0.6) is 0 Å². The third-order valence-electron chi connectivity index (χ3n) is 10.8. The van der Waals surface area contributed by atoms with Crippen LogP contribution in [0.25, 0.3) is 11.1 Å². The number of fused-ring (bicyclic) bond motifs is 4. The molecule has 4 nitrogen and oxygen atoms in total. The van der Waals surface area contributed by atoms with Crippen molar-refractivity contribution >= 4 is 11.5 Å². The summed E-state index contributed by atoms with van der Waals surface area (Å²) in [6.07, 6.45) is 14.3. The Morgan fingerprint density at radius 3 is 2.58 bits per heavy atom. The lowest BCUT2D eigenvalue weighted by atomic mass is 9.51. The number of hydrogen-bond acceptors (Lipinski definition) is 4. The smallest absolute Gasteiger partial charge is 0.139 e. The molecule has 3 unspecified atom stereocenters. The van der Waals surface area contributed by atoms with E-state index >= 15 is 0 Å². The van der Waals surface area contributed by atoms with Crippen molar-refractivity contribution in [2.45, 2.75) is 71.1 Å². The van der Waals surface area contributed by atoms with Crippen molar-refractivity contribution in [3.05, 3.63) is 77.2 Å². The summed E-state index contributed by atoms with van der Waals surface area (Å²) in [6.45, 7) is 4.84. The minimum absolute atomic E-state index is 0.0497. The largest absolute Gasteiger partial charge is 0.411 e. The molecule has 4 heteroatoms. The van der Waals surface area contributed by atoms with Crippen molar-refractivity contribution in [3.8, 4) is 11.1 Å². The number of oxime groups is 1. The molecular weight excluding hydrogens is 468 g/mol. The number of Topliss-reactive ketones (excluding diaryl/α,β-unsaturated/α-hetero) is 1. The van der Waals surface area contributed by atoms with Crippen molar-refractivity contribution in [2.75, 3.05) is 0 Å². The van der Waals surface area contributed by atoms with Crippen LogP contribution in [0.3, 0.4) is 0 Å². The van der Waals surface area contributed by atoms with Gasteiger partial charge < -0.3 is 5.21 Å². The van der Waals surface area contributed by atoms with Crippen molar-refractivity contribution in [1.82, 2.24) is 4.98 Å². The zero-order valence-electron chi connectivity index (χ0n) is 22.6. The van der Waals surface area contributed by atoms with Gasteiger partial charge in [-0.1, -0.05) is 54.9 Å². The number of carbonyl (C=O) groups is 1. The maximum absolute atomic E-state index is 13.7. The van der Waals surface area contributed by atoms with Gasteiger partial charge in [-0.05, 0) is 115 Å². The van der Waals surface area contributed by atoms with Gasteiger partial charge in [0.25, 0.3) is 0 Å². The average Bonchev–Trinajstić information content (AvgIpc) is 3.76. The number of rotatable bonds is 4. The Kier molecular flexibility index (Phi) is 5.72.